The van der Waals surface area contributed by atoms with E-state index >= 15 is 0 Å². The molecule has 0 aliphatic heterocycles. The van der Waals surface area contributed by atoms with Crippen LogP contribution in [-0.4, -0.2) is 0 Å². The minimum Gasteiger partial charge on any atom is -0.302 e. The fraction of sp³-hybridized carbons (Fsp3) is 0. The number of hydrogen-bond donors (Lipinski definition) is 2. The molecule has 0 unspecified atom stereocenters. The standard InChI is InChI=1S/C12H14N2/c1-3-4-8-11(2)13-14-12-9-6-5-7-10-12/h3-10,13-14H,1-2H2/b8-4-. The predicted octanol–water partition coefficient (Wildman–Crippen LogP) is 2.86. The molecule has 2 heteroatoms. The van der Waals surface area contributed by atoms with Gasteiger partial charge < -0.3 is 10.9 Å². The summed E-state index contributed by atoms with van der Waals surface area (Å²) in [6.45, 7) is 7.37. The van der Waals surface area contributed by atoms with Crippen molar-refractivity contribution in [3.63, 3.8) is 0 Å². The lowest BCUT2D eigenvalue weighted by atomic mass is 10.3. The largest absolute Gasteiger partial charge is 0.302 e. The molecule has 0 bridgehead atoms. The molecule has 1 aromatic rings. The van der Waals surface area contributed by atoms with Crippen molar-refractivity contribution in [1.29, 1.82) is 0 Å². The Morgan fingerprint density at radius 1 is 1.21 bits per heavy atom. The van der Waals surface area contributed by atoms with E-state index in [-0.39, 0.29) is 0 Å². The molecule has 0 fully saturated rings. The fourth-order valence-corrected chi connectivity index (χ4v) is 0.900. The van der Waals surface area contributed by atoms with Crippen LogP contribution in [0.25, 0.3) is 0 Å². The first-order valence-electron chi connectivity index (χ1n) is 4.38. The SMILES string of the molecule is C=C/C=C\C(=C)NNc1ccccc1. The summed E-state index contributed by atoms with van der Waals surface area (Å²) in [4.78, 5) is 0. The normalized spacial score (nSPS) is 9.71. The number of hydrazine groups is 1. The Balaban J connectivity index is 2.38. The van der Waals surface area contributed by atoms with Crippen molar-refractivity contribution in [2.45, 2.75) is 0 Å². The maximum atomic E-state index is 3.80. The summed E-state index contributed by atoms with van der Waals surface area (Å²) in [7, 11) is 0. The lowest BCUT2D eigenvalue weighted by Crippen LogP contribution is -2.18. The smallest absolute Gasteiger partial charge is 0.0539 e. The van der Waals surface area contributed by atoms with Gasteiger partial charge >= 0.3 is 0 Å². The van der Waals surface area contributed by atoms with Crippen molar-refractivity contribution in [3.8, 4) is 0 Å². The number of rotatable bonds is 5. The van der Waals surface area contributed by atoms with E-state index in [2.05, 4.69) is 24.0 Å². The maximum Gasteiger partial charge on any atom is 0.0539 e. The van der Waals surface area contributed by atoms with Gasteiger partial charge in [0.25, 0.3) is 0 Å². The lowest BCUT2D eigenvalue weighted by molar-refractivity contribution is 1.00. The van der Waals surface area contributed by atoms with Crippen molar-refractivity contribution in [1.82, 2.24) is 5.43 Å². The van der Waals surface area contributed by atoms with E-state index in [1.54, 1.807) is 6.08 Å². The van der Waals surface area contributed by atoms with Crippen LogP contribution in [0.15, 0.2) is 67.4 Å². The van der Waals surface area contributed by atoms with Crippen LogP contribution in [0.1, 0.15) is 0 Å². The molecule has 72 valence electrons. The van der Waals surface area contributed by atoms with Gasteiger partial charge in [-0.05, 0) is 18.2 Å². The van der Waals surface area contributed by atoms with E-state index < -0.39 is 0 Å². The minimum atomic E-state index is 0.786. The lowest BCUT2D eigenvalue weighted by Gasteiger charge is -2.08. The second-order valence-electron chi connectivity index (χ2n) is 2.74. The van der Waals surface area contributed by atoms with Gasteiger partial charge in [0.05, 0.1) is 5.69 Å². The third-order valence-corrected chi connectivity index (χ3v) is 1.57. The zero-order chi connectivity index (χ0) is 10.2. The van der Waals surface area contributed by atoms with E-state index in [0.29, 0.717) is 0 Å². The summed E-state index contributed by atoms with van der Waals surface area (Å²) < 4.78 is 0. The Morgan fingerprint density at radius 2 is 1.93 bits per heavy atom. The Bertz CT molecular complexity index is 325. The van der Waals surface area contributed by atoms with Crippen molar-refractivity contribution in [2.24, 2.45) is 0 Å². The summed E-state index contributed by atoms with van der Waals surface area (Å²) >= 11 is 0. The number of benzene rings is 1. The highest BCUT2D eigenvalue weighted by Crippen LogP contribution is 2.03. The maximum absolute atomic E-state index is 3.80. The number of nitrogens with one attached hydrogen (secondary N) is 2. The molecule has 1 aromatic carbocycles. The first-order chi connectivity index (χ1) is 6.83. The Hall–Kier alpha value is -1.96. The van der Waals surface area contributed by atoms with E-state index in [9.17, 15) is 0 Å². The zero-order valence-electron chi connectivity index (χ0n) is 8.03. The number of allylic oxidation sites excluding steroid dienone is 3. The molecule has 0 amide bonds. The highest BCUT2D eigenvalue weighted by Gasteiger charge is 1.87. The monoisotopic (exact) mass is 186 g/mol. The molecule has 0 atom stereocenters. The predicted molar refractivity (Wildman–Crippen MR) is 61.7 cm³/mol. The molecular formula is C12H14N2. The molecule has 0 radical (unpaired) electrons. The Labute approximate surface area is 84.6 Å². The summed E-state index contributed by atoms with van der Waals surface area (Å²) in [5.41, 5.74) is 7.76. The van der Waals surface area contributed by atoms with Crippen LogP contribution in [-0.2, 0) is 0 Å². The van der Waals surface area contributed by atoms with Crippen molar-refractivity contribution in [2.75, 3.05) is 5.43 Å². The van der Waals surface area contributed by atoms with Crippen LogP contribution < -0.4 is 10.9 Å². The fourth-order valence-electron chi connectivity index (χ4n) is 0.900. The van der Waals surface area contributed by atoms with E-state index in [1.807, 2.05) is 42.5 Å². The van der Waals surface area contributed by atoms with Gasteiger partial charge in [0.2, 0.25) is 0 Å². The molecule has 0 saturated carbocycles. The molecule has 0 saturated heterocycles. The molecule has 2 N–H and O–H groups in total. The second kappa shape index (κ2) is 5.65. The van der Waals surface area contributed by atoms with E-state index in [0.717, 1.165) is 11.4 Å². The molecule has 2 nitrogen and oxygen atoms in total. The minimum absolute atomic E-state index is 0.786. The first kappa shape index (κ1) is 10.1. The Kier molecular flexibility index (Phi) is 4.08. The zero-order valence-corrected chi connectivity index (χ0v) is 8.03. The number of para-hydroxylation sites is 1. The van der Waals surface area contributed by atoms with E-state index in [4.69, 9.17) is 0 Å². The second-order valence-corrected chi connectivity index (χ2v) is 2.74. The van der Waals surface area contributed by atoms with Crippen molar-refractivity contribution in [3.05, 3.63) is 67.4 Å². The van der Waals surface area contributed by atoms with Crippen molar-refractivity contribution < 1.29 is 0 Å². The van der Waals surface area contributed by atoms with Crippen LogP contribution in [0, 0.1) is 0 Å². The molecule has 1 rings (SSSR count). The van der Waals surface area contributed by atoms with Crippen LogP contribution in [0.3, 0.4) is 0 Å². The summed E-state index contributed by atoms with van der Waals surface area (Å²) in [5, 5.41) is 0. The van der Waals surface area contributed by atoms with Gasteiger partial charge in [-0.2, -0.15) is 0 Å². The average Bonchev–Trinajstić information content (AvgIpc) is 2.25. The third-order valence-electron chi connectivity index (χ3n) is 1.57. The molecular weight excluding hydrogens is 172 g/mol. The molecule has 14 heavy (non-hydrogen) atoms. The summed E-state index contributed by atoms with van der Waals surface area (Å²) in [6, 6.07) is 9.84. The van der Waals surface area contributed by atoms with Gasteiger partial charge in [-0.25, -0.2) is 0 Å². The number of anilines is 1. The van der Waals surface area contributed by atoms with Gasteiger partial charge in [-0.15, -0.1) is 0 Å². The first-order valence-corrected chi connectivity index (χ1v) is 4.38. The molecule has 0 spiro atoms. The quantitative estimate of drug-likeness (QED) is 0.545. The van der Waals surface area contributed by atoms with Crippen molar-refractivity contribution >= 4 is 5.69 Å². The van der Waals surface area contributed by atoms with Gasteiger partial charge in [0.1, 0.15) is 0 Å². The highest BCUT2D eigenvalue weighted by atomic mass is 15.4. The topological polar surface area (TPSA) is 24.1 Å². The van der Waals surface area contributed by atoms with Gasteiger partial charge in [0.15, 0.2) is 0 Å². The van der Waals surface area contributed by atoms with Gasteiger partial charge in [-0.1, -0.05) is 43.5 Å². The molecule has 0 heterocycles. The van der Waals surface area contributed by atoms with E-state index in [1.165, 1.54) is 0 Å². The third kappa shape index (κ3) is 3.63. The van der Waals surface area contributed by atoms with Crippen LogP contribution >= 0.6 is 0 Å². The summed E-state index contributed by atoms with van der Waals surface area (Å²) in [5.74, 6) is 0. The van der Waals surface area contributed by atoms with Gasteiger partial charge in [-0.3, -0.25) is 0 Å². The molecule has 0 aliphatic carbocycles. The molecule has 0 aliphatic rings. The number of hydrogen-bond acceptors (Lipinski definition) is 2. The highest BCUT2D eigenvalue weighted by molar-refractivity contribution is 5.42. The molecule has 0 aromatic heterocycles. The van der Waals surface area contributed by atoms with Crippen LogP contribution in [0.4, 0.5) is 5.69 Å². The average molecular weight is 186 g/mol. The Morgan fingerprint density at radius 3 is 2.57 bits per heavy atom. The van der Waals surface area contributed by atoms with Crippen LogP contribution in [0.2, 0.25) is 0 Å². The summed E-state index contributed by atoms with van der Waals surface area (Å²) in [6.07, 6.45) is 5.36. The van der Waals surface area contributed by atoms with Gasteiger partial charge in [0, 0.05) is 5.70 Å². The van der Waals surface area contributed by atoms with Crippen LogP contribution in [0.5, 0.6) is 0 Å².